The lowest BCUT2D eigenvalue weighted by Gasteiger charge is -2.29. The lowest BCUT2D eigenvalue weighted by atomic mass is 9.93. The molecule has 0 bridgehead atoms. The molecule has 0 aliphatic heterocycles. The number of aromatic nitrogens is 1. The summed E-state index contributed by atoms with van der Waals surface area (Å²) in [6.07, 6.45) is 7.55. The van der Waals surface area contributed by atoms with Gasteiger partial charge in [-0.15, -0.1) is 0 Å². The second-order valence-electron chi connectivity index (χ2n) is 5.87. The van der Waals surface area contributed by atoms with Crippen LogP contribution in [-0.4, -0.2) is 23.0 Å². The summed E-state index contributed by atoms with van der Waals surface area (Å²) < 4.78 is 5.83. The zero-order chi connectivity index (χ0) is 14.7. The fourth-order valence-corrected chi connectivity index (χ4v) is 2.68. The Morgan fingerprint density at radius 2 is 2.00 bits per heavy atom. The van der Waals surface area contributed by atoms with E-state index in [-0.39, 0.29) is 17.9 Å². The third-order valence-corrected chi connectivity index (χ3v) is 4.12. The third-order valence-electron chi connectivity index (χ3n) is 4.12. The summed E-state index contributed by atoms with van der Waals surface area (Å²) in [5.74, 6) is 1.08. The minimum absolute atomic E-state index is 0.152. The largest absolute Gasteiger partial charge is 0.474 e. The Morgan fingerprint density at radius 3 is 2.57 bits per heavy atom. The Hall–Kier alpha value is -2.09. The zero-order valence-electron chi connectivity index (χ0n) is 11.9. The number of rotatable bonds is 4. The van der Waals surface area contributed by atoms with Crippen molar-refractivity contribution in [2.24, 2.45) is 5.92 Å². The van der Waals surface area contributed by atoms with Crippen molar-refractivity contribution in [1.29, 1.82) is 5.26 Å². The van der Waals surface area contributed by atoms with Crippen LogP contribution in [0.4, 0.5) is 0 Å². The highest BCUT2D eigenvalue weighted by atomic mass is 16.5. The van der Waals surface area contributed by atoms with Crippen molar-refractivity contribution in [1.82, 2.24) is 10.3 Å². The van der Waals surface area contributed by atoms with Gasteiger partial charge in [0.2, 0.25) is 11.8 Å². The minimum Gasteiger partial charge on any atom is -0.474 e. The Kier molecular flexibility index (Phi) is 4.05. The topological polar surface area (TPSA) is 75.0 Å². The number of nitrogens with zero attached hydrogens (tertiary/aromatic N) is 2. The van der Waals surface area contributed by atoms with Gasteiger partial charge in [0.05, 0.1) is 5.56 Å². The Balaban J connectivity index is 1.44. The smallest absolute Gasteiger partial charge is 0.223 e. The second kappa shape index (κ2) is 6.13. The third kappa shape index (κ3) is 3.72. The monoisotopic (exact) mass is 285 g/mol. The van der Waals surface area contributed by atoms with Crippen LogP contribution in [0, 0.1) is 17.2 Å². The summed E-state index contributed by atoms with van der Waals surface area (Å²) in [5.41, 5.74) is 0.536. The van der Waals surface area contributed by atoms with Gasteiger partial charge < -0.3 is 10.1 Å². The van der Waals surface area contributed by atoms with Crippen LogP contribution >= 0.6 is 0 Å². The number of hydrogen-bond acceptors (Lipinski definition) is 4. The van der Waals surface area contributed by atoms with Crippen molar-refractivity contribution in [3.63, 3.8) is 0 Å². The molecule has 2 fully saturated rings. The second-order valence-corrected chi connectivity index (χ2v) is 5.87. The predicted octanol–water partition coefficient (Wildman–Crippen LogP) is 2.17. The molecule has 0 unspecified atom stereocenters. The molecule has 21 heavy (non-hydrogen) atoms. The van der Waals surface area contributed by atoms with Crippen LogP contribution in [0.5, 0.6) is 5.88 Å². The molecule has 0 spiro atoms. The van der Waals surface area contributed by atoms with Crippen LogP contribution in [-0.2, 0) is 4.79 Å². The van der Waals surface area contributed by atoms with E-state index in [0.717, 1.165) is 38.5 Å². The van der Waals surface area contributed by atoms with Crippen LogP contribution in [0.25, 0.3) is 0 Å². The molecule has 1 heterocycles. The zero-order valence-corrected chi connectivity index (χ0v) is 11.9. The van der Waals surface area contributed by atoms with Gasteiger partial charge in [-0.05, 0) is 44.6 Å². The van der Waals surface area contributed by atoms with Crippen LogP contribution in [0.1, 0.15) is 44.1 Å². The molecule has 5 nitrogen and oxygen atoms in total. The first-order valence-corrected chi connectivity index (χ1v) is 7.58. The fourth-order valence-electron chi connectivity index (χ4n) is 2.68. The van der Waals surface area contributed by atoms with Crippen molar-refractivity contribution >= 4 is 5.91 Å². The molecule has 2 aliphatic rings. The van der Waals surface area contributed by atoms with Gasteiger partial charge in [-0.25, -0.2) is 4.98 Å². The van der Waals surface area contributed by atoms with Gasteiger partial charge in [0.1, 0.15) is 12.2 Å². The van der Waals surface area contributed by atoms with Gasteiger partial charge >= 0.3 is 0 Å². The van der Waals surface area contributed by atoms with Crippen molar-refractivity contribution in [3.05, 3.63) is 23.9 Å². The van der Waals surface area contributed by atoms with Crippen LogP contribution in [0.15, 0.2) is 18.3 Å². The lowest BCUT2D eigenvalue weighted by Crippen LogP contribution is -2.40. The summed E-state index contributed by atoms with van der Waals surface area (Å²) in [7, 11) is 0. The van der Waals surface area contributed by atoms with E-state index in [1.807, 2.05) is 6.07 Å². The molecule has 3 rings (SSSR count). The average Bonchev–Trinajstić information content (AvgIpc) is 3.35. The van der Waals surface area contributed by atoms with E-state index >= 15 is 0 Å². The minimum atomic E-state index is 0.152. The molecule has 110 valence electrons. The maximum atomic E-state index is 11.7. The number of nitrogens with one attached hydrogen (secondary N) is 1. The molecule has 1 aromatic heterocycles. The molecule has 1 amide bonds. The molecule has 5 heteroatoms. The van der Waals surface area contributed by atoms with E-state index in [0.29, 0.717) is 17.5 Å². The first-order valence-electron chi connectivity index (χ1n) is 7.58. The number of carbonyl (C=O) groups is 1. The first-order chi connectivity index (χ1) is 10.2. The fraction of sp³-hybridized carbons (Fsp3) is 0.562. The van der Waals surface area contributed by atoms with E-state index in [1.165, 1.54) is 6.20 Å². The molecule has 0 atom stereocenters. The SMILES string of the molecule is N#Cc1ccc(OC2CCC(NC(=O)C3CC3)CC2)nc1. The molecular weight excluding hydrogens is 266 g/mol. The standard InChI is InChI=1S/C16H19N3O2/c17-9-11-1-8-15(18-10-11)21-14-6-4-13(5-7-14)19-16(20)12-2-3-12/h1,8,10,12-14H,2-7H2,(H,19,20). The van der Waals surface area contributed by atoms with Gasteiger partial charge in [-0.3, -0.25) is 4.79 Å². The predicted molar refractivity (Wildman–Crippen MR) is 76.5 cm³/mol. The Bertz CT molecular complexity index is 538. The molecule has 1 aromatic rings. The van der Waals surface area contributed by atoms with Crippen molar-refractivity contribution < 1.29 is 9.53 Å². The highest BCUT2D eigenvalue weighted by Gasteiger charge is 2.32. The normalized spacial score (nSPS) is 24.9. The first kappa shape index (κ1) is 13.9. The quantitative estimate of drug-likeness (QED) is 0.920. The molecule has 0 aromatic carbocycles. The van der Waals surface area contributed by atoms with Crippen LogP contribution < -0.4 is 10.1 Å². The molecule has 1 N–H and O–H groups in total. The van der Waals surface area contributed by atoms with Gasteiger partial charge in [0.15, 0.2) is 0 Å². The molecule has 0 radical (unpaired) electrons. The van der Waals surface area contributed by atoms with E-state index in [1.54, 1.807) is 12.1 Å². The van der Waals surface area contributed by atoms with E-state index in [4.69, 9.17) is 10.00 Å². The van der Waals surface area contributed by atoms with Crippen LogP contribution in [0.3, 0.4) is 0 Å². The molecule has 0 saturated heterocycles. The number of carbonyl (C=O) groups excluding carboxylic acids is 1. The van der Waals surface area contributed by atoms with Gasteiger partial charge in [-0.1, -0.05) is 0 Å². The summed E-state index contributed by atoms with van der Waals surface area (Å²) in [6.45, 7) is 0. The molecule has 2 saturated carbocycles. The van der Waals surface area contributed by atoms with Gasteiger partial charge in [0.25, 0.3) is 0 Å². The number of hydrogen-bond donors (Lipinski definition) is 1. The maximum absolute atomic E-state index is 11.7. The Labute approximate surface area is 124 Å². The number of nitriles is 1. The maximum Gasteiger partial charge on any atom is 0.223 e. The van der Waals surface area contributed by atoms with Gasteiger partial charge in [-0.2, -0.15) is 5.26 Å². The summed E-state index contributed by atoms with van der Waals surface area (Å²) in [6, 6.07) is 5.78. The highest BCUT2D eigenvalue weighted by Crippen LogP contribution is 2.30. The Morgan fingerprint density at radius 1 is 1.24 bits per heavy atom. The summed E-state index contributed by atoms with van der Waals surface area (Å²) >= 11 is 0. The number of ether oxygens (including phenoxy) is 1. The van der Waals surface area contributed by atoms with Crippen molar-refractivity contribution in [3.8, 4) is 11.9 Å². The van der Waals surface area contributed by atoms with Crippen LogP contribution in [0.2, 0.25) is 0 Å². The summed E-state index contributed by atoms with van der Waals surface area (Å²) in [5, 5.41) is 11.9. The van der Waals surface area contributed by atoms with Gasteiger partial charge in [0, 0.05) is 24.2 Å². The average molecular weight is 285 g/mol. The van der Waals surface area contributed by atoms with E-state index in [2.05, 4.69) is 10.3 Å². The van der Waals surface area contributed by atoms with E-state index < -0.39 is 0 Å². The number of pyridine rings is 1. The van der Waals surface area contributed by atoms with E-state index in [9.17, 15) is 4.79 Å². The van der Waals surface area contributed by atoms with Crippen molar-refractivity contribution in [2.45, 2.75) is 50.7 Å². The summed E-state index contributed by atoms with van der Waals surface area (Å²) in [4.78, 5) is 15.9. The lowest BCUT2D eigenvalue weighted by molar-refractivity contribution is -0.123. The number of amides is 1. The molecule has 2 aliphatic carbocycles. The highest BCUT2D eigenvalue weighted by molar-refractivity contribution is 5.81. The van der Waals surface area contributed by atoms with Crippen molar-refractivity contribution in [2.75, 3.05) is 0 Å². The molecular formula is C16H19N3O2.